The lowest BCUT2D eigenvalue weighted by molar-refractivity contribution is -0.143. The van der Waals surface area contributed by atoms with Gasteiger partial charge in [-0.25, -0.2) is 14.4 Å². The van der Waals surface area contributed by atoms with Crippen LogP contribution < -0.4 is 16.2 Å². The summed E-state index contributed by atoms with van der Waals surface area (Å²) in [5.41, 5.74) is -0.157. The topological polar surface area (TPSA) is 155 Å². The summed E-state index contributed by atoms with van der Waals surface area (Å²) >= 11 is 5.31. The van der Waals surface area contributed by atoms with Crippen molar-refractivity contribution in [1.82, 2.24) is 24.8 Å². The zero-order valence-electron chi connectivity index (χ0n) is 23.3. The molecule has 0 unspecified atom stereocenters. The fraction of sp³-hybridized carbons (Fsp3) is 0.640. The highest BCUT2D eigenvalue weighted by Gasteiger charge is 2.22. The standard InChI is InChI=1S/C25H39N5O8S/c1-16(2)36-14-13-30-18-10-12-29(19(18)20(31)28-22(30)39)15-37-24(34)27-17(21(32)35-6)9-7-8-11-26-23(33)38-25(3,4)5/h10,12,16-17H,7-9,11,13-15H2,1-6H3,(H,26,33)(H,27,34)(H,28,31,39)/t17-/m0/s1. The van der Waals surface area contributed by atoms with Crippen molar-refractivity contribution in [2.24, 2.45) is 0 Å². The van der Waals surface area contributed by atoms with Gasteiger partial charge < -0.3 is 38.7 Å². The van der Waals surface area contributed by atoms with E-state index in [1.807, 2.05) is 13.8 Å². The number of nitrogens with zero attached hydrogens (tertiary/aromatic N) is 2. The molecule has 39 heavy (non-hydrogen) atoms. The normalized spacial score (nSPS) is 12.3. The summed E-state index contributed by atoms with van der Waals surface area (Å²) in [5, 5.41) is 5.14. The average molecular weight is 570 g/mol. The average Bonchev–Trinajstić information content (AvgIpc) is 3.26. The highest BCUT2D eigenvalue weighted by molar-refractivity contribution is 7.71. The first-order chi connectivity index (χ1) is 18.3. The van der Waals surface area contributed by atoms with Crippen molar-refractivity contribution >= 4 is 41.4 Å². The minimum absolute atomic E-state index is 0.0525. The first-order valence-electron chi connectivity index (χ1n) is 12.7. The molecule has 1 atom stereocenters. The summed E-state index contributed by atoms with van der Waals surface area (Å²) in [4.78, 5) is 51.6. The smallest absolute Gasteiger partial charge is 0.409 e. The third kappa shape index (κ3) is 10.4. The van der Waals surface area contributed by atoms with Crippen LogP contribution >= 0.6 is 12.2 Å². The quantitative estimate of drug-likeness (QED) is 0.143. The van der Waals surface area contributed by atoms with Crippen molar-refractivity contribution in [2.75, 3.05) is 20.3 Å². The van der Waals surface area contributed by atoms with Crippen LogP contribution in [0.2, 0.25) is 0 Å². The second-order valence-electron chi connectivity index (χ2n) is 10.1. The van der Waals surface area contributed by atoms with Crippen molar-refractivity contribution in [3.63, 3.8) is 0 Å². The molecule has 0 saturated heterocycles. The summed E-state index contributed by atoms with van der Waals surface area (Å²) in [6.07, 6.45) is 1.61. The van der Waals surface area contributed by atoms with Gasteiger partial charge in [0.05, 0.1) is 25.3 Å². The fourth-order valence-electron chi connectivity index (χ4n) is 3.65. The number of carbonyl (C=O) groups is 3. The molecule has 0 aromatic carbocycles. The van der Waals surface area contributed by atoms with E-state index < -0.39 is 35.4 Å². The lowest BCUT2D eigenvalue weighted by Crippen LogP contribution is -2.42. The number of aromatic nitrogens is 3. The molecule has 218 valence electrons. The van der Waals surface area contributed by atoms with Gasteiger partial charge in [-0.15, -0.1) is 0 Å². The van der Waals surface area contributed by atoms with Gasteiger partial charge in [-0.3, -0.25) is 9.78 Å². The Morgan fingerprint density at radius 2 is 1.87 bits per heavy atom. The van der Waals surface area contributed by atoms with Crippen molar-refractivity contribution in [2.45, 2.75) is 84.9 Å². The molecule has 3 N–H and O–H groups in total. The molecule has 0 radical (unpaired) electrons. The van der Waals surface area contributed by atoms with Gasteiger partial charge in [0.1, 0.15) is 17.2 Å². The van der Waals surface area contributed by atoms with Crippen LogP contribution in [0.1, 0.15) is 53.9 Å². The number of ether oxygens (including phenoxy) is 4. The van der Waals surface area contributed by atoms with Crippen LogP contribution in [-0.4, -0.2) is 70.3 Å². The second-order valence-corrected chi connectivity index (χ2v) is 10.4. The first kappa shape index (κ1) is 31.8. The molecule has 2 aromatic rings. The lowest BCUT2D eigenvalue weighted by Gasteiger charge is -2.20. The zero-order valence-corrected chi connectivity index (χ0v) is 24.1. The van der Waals surface area contributed by atoms with E-state index in [-0.39, 0.29) is 29.5 Å². The Kier molecular flexibility index (Phi) is 12.0. The van der Waals surface area contributed by atoms with E-state index >= 15 is 0 Å². The van der Waals surface area contributed by atoms with Gasteiger partial charge in [-0.1, -0.05) is 0 Å². The first-order valence-corrected chi connectivity index (χ1v) is 13.1. The van der Waals surface area contributed by atoms with E-state index in [9.17, 15) is 19.2 Å². The molecule has 0 aliphatic carbocycles. The maximum atomic E-state index is 12.6. The Morgan fingerprint density at radius 1 is 1.15 bits per heavy atom. The Labute approximate surface area is 232 Å². The summed E-state index contributed by atoms with van der Waals surface area (Å²) in [6, 6.07) is 0.763. The number of nitrogens with one attached hydrogen (secondary N) is 3. The molecule has 0 aliphatic rings. The number of methoxy groups -OCH3 is 1. The Bertz CT molecular complexity index is 1240. The molecule has 2 amide bonds. The predicted octanol–water partition coefficient (Wildman–Crippen LogP) is 3.21. The van der Waals surface area contributed by atoms with Crippen LogP contribution in [0.3, 0.4) is 0 Å². The molecular weight excluding hydrogens is 530 g/mol. The Morgan fingerprint density at radius 3 is 2.51 bits per heavy atom. The van der Waals surface area contributed by atoms with E-state index in [1.165, 1.54) is 11.7 Å². The minimum atomic E-state index is -0.945. The molecule has 0 spiro atoms. The summed E-state index contributed by atoms with van der Waals surface area (Å²) in [7, 11) is 1.22. The number of carbonyl (C=O) groups excluding carboxylic acids is 3. The fourth-order valence-corrected chi connectivity index (χ4v) is 3.93. The van der Waals surface area contributed by atoms with Crippen LogP contribution in [0.5, 0.6) is 0 Å². The molecule has 0 aliphatic heterocycles. The molecule has 14 heteroatoms. The van der Waals surface area contributed by atoms with E-state index in [2.05, 4.69) is 15.6 Å². The second kappa shape index (κ2) is 14.7. The van der Waals surface area contributed by atoms with E-state index in [0.29, 0.717) is 38.1 Å². The molecular formula is C25H39N5O8S. The van der Waals surface area contributed by atoms with Crippen LogP contribution in [0, 0.1) is 4.77 Å². The molecule has 0 bridgehead atoms. The summed E-state index contributed by atoms with van der Waals surface area (Å²) < 4.78 is 24.3. The van der Waals surface area contributed by atoms with Gasteiger partial charge >= 0.3 is 18.2 Å². The molecule has 0 fully saturated rings. The van der Waals surface area contributed by atoms with Crippen LogP contribution in [0.25, 0.3) is 11.0 Å². The van der Waals surface area contributed by atoms with Crippen LogP contribution in [-0.2, 0) is 37.0 Å². The SMILES string of the molecule is COC(=O)[C@H](CCCCNC(=O)OC(C)(C)C)NC(=O)OCn1ccc2c1c(=O)[nH]c(=S)n2CCOC(C)C. The summed E-state index contributed by atoms with van der Waals surface area (Å²) in [6.45, 7) is 10.1. The number of amides is 2. The van der Waals surface area contributed by atoms with E-state index in [1.54, 1.807) is 37.6 Å². The lowest BCUT2D eigenvalue weighted by atomic mass is 10.1. The van der Waals surface area contributed by atoms with Crippen molar-refractivity contribution < 1.29 is 33.3 Å². The largest absolute Gasteiger partial charge is 0.467 e. The van der Waals surface area contributed by atoms with Crippen molar-refractivity contribution in [3.05, 3.63) is 27.4 Å². The monoisotopic (exact) mass is 569 g/mol. The zero-order chi connectivity index (χ0) is 29.2. The predicted molar refractivity (Wildman–Crippen MR) is 146 cm³/mol. The number of esters is 1. The van der Waals surface area contributed by atoms with Gasteiger partial charge in [0.15, 0.2) is 11.5 Å². The maximum absolute atomic E-state index is 12.6. The van der Waals surface area contributed by atoms with Gasteiger partial charge in [0.2, 0.25) is 0 Å². The number of aromatic amines is 1. The number of rotatable bonds is 13. The molecule has 0 saturated carbocycles. The highest BCUT2D eigenvalue weighted by atomic mass is 32.1. The molecule has 2 rings (SSSR count). The van der Waals surface area contributed by atoms with Gasteiger partial charge in [-0.2, -0.15) is 0 Å². The molecule has 13 nitrogen and oxygen atoms in total. The van der Waals surface area contributed by atoms with Crippen LogP contribution in [0.15, 0.2) is 17.1 Å². The van der Waals surface area contributed by atoms with Gasteiger partial charge in [0.25, 0.3) is 5.56 Å². The highest BCUT2D eigenvalue weighted by Crippen LogP contribution is 2.13. The van der Waals surface area contributed by atoms with Gasteiger partial charge in [-0.05, 0) is 72.2 Å². The van der Waals surface area contributed by atoms with E-state index in [4.69, 9.17) is 31.2 Å². The number of unbranched alkanes of at least 4 members (excludes halogenated alkanes) is 1. The van der Waals surface area contributed by atoms with Gasteiger partial charge in [0, 0.05) is 19.3 Å². The van der Waals surface area contributed by atoms with Crippen molar-refractivity contribution in [1.29, 1.82) is 0 Å². The molecule has 2 heterocycles. The van der Waals surface area contributed by atoms with Crippen molar-refractivity contribution in [3.8, 4) is 0 Å². The van der Waals surface area contributed by atoms with Crippen LogP contribution in [0.4, 0.5) is 9.59 Å². The third-order valence-corrected chi connectivity index (χ3v) is 5.70. The third-order valence-electron chi connectivity index (χ3n) is 5.38. The number of H-pyrrole nitrogens is 1. The number of hydrogen-bond donors (Lipinski definition) is 3. The molecule has 2 aromatic heterocycles. The Hall–Kier alpha value is -3.39. The number of alkyl carbamates (subject to hydrolysis) is 2. The number of hydrogen-bond acceptors (Lipinski definition) is 9. The minimum Gasteiger partial charge on any atom is -0.467 e. The maximum Gasteiger partial charge on any atom is 0.409 e. The van der Waals surface area contributed by atoms with E-state index in [0.717, 1.165) is 0 Å². The summed E-state index contributed by atoms with van der Waals surface area (Å²) in [5.74, 6) is -0.627. The Balaban J connectivity index is 1.94. The number of fused-ring (bicyclic) bond motifs is 1.